The standard InChI is InChI=1S/C20H26N4O6/c1-30-14-2-7-23-19(26)17(15-3-5-16(6-4-15)24(28)29)18(20(23)27)22-10-8-21(9-11-22)12-13-25/h3-6,25H,2,7-14H2,1H3. The number of nitro benzene ring substituents is 1. The van der Waals surface area contributed by atoms with Gasteiger partial charge in [-0.1, -0.05) is 0 Å². The van der Waals surface area contributed by atoms with Crippen LogP contribution in [0.2, 0.25) is 0 Å². The number of hydrogen-bond acceptors (Lipinski definition) is 8. The lowest BCUT2D eigenvalue weighted by Gasteiger charge is -2.36. The van der Waals surface area contributed by atoms with Crippen LogP contribution in [0.4, 0.5) is 5.69 Å². The van der Waals surface area contributed by atoms with Crippen molar-refractivity contribution >= 4 is 23.1 Å². The molecule has 2 heterocycles. The van der Waals surface area contributed by atoms with Gasteiger partial charge in [-0.05, 0) is 24.1 Å². The SMILES string of the molecule is COCCCN1C(=O)C(c2ccc([N+](=O)[O-])cc2)=C(N2CCN(CCO)CC2)C1=O. The molecule has 2 aliphatic rings. The number of ether oxygens (including phenoxy) is 1. The molecular formula is C20H26N4O6. The summed E-state index contributed by atoms with van der Waals surface area (Å²) in [5.74, 6) is -0.738. The summed E-state index contributed by atoms with van der Waals surface area (Å²) in [6.45, 7) is 3.76. The van der Waals surface area contributed by atoms with E-state index in [-0.39, 0.29) is 30.3 Å². The number of aliphatic hydroxyl groups is 1. The minimum Gasteiger partial charge on any atom is -0.395 e. The van der Waals surface area contributed by atoms with Crippen LogP contribution in [-0.4, -0.2) is 96.1 Å². The van der Waals surface area contributed by atoms with E-state index in [1.54, 1.807) is 7.11 Å². The van der Waals surface area contributed by atoms with Crippen LogP contribution in [0, 0.1) is 10.1 Å². The molecule has 0 bridgehead atoms. The van der Waals surface area contributed by atoms with E-state index in [0.29, 0.717) is 57.0 Å². The van der Waals surface area contributed by atoms with Crippen LogP contribution in [-0.2, 0) is 14.3 Å². The largest absolute Gasteiger partial charge is 0.395 e. The highest BCUT2D eigenvalue weighted by Gasteiger charge is 2.41. The molecule has 10 nitrogen and oxygen atoms in total. The summed E-state index contributed by atoms with van der Waals surface area (Å²) in [6, 6.07) is 5.70. The Labute approximate surface area is 174 Å². The lowest BCUT2D eigenvalue weighted by molar-refractivity contribution is -0.384. The van der Waals surface area contributed by atoms with Crippen molar-refractivity contribution in [2.75, 3.05) is 59.6 Å². The summed E-state index contributed by atoms with van der Waals surface area (Å²) in [5.41, 5.74) is 1.03. The number of carbonyl (C=O) groups excluding carboxylic acids is 2. The number of aliphatic hydroxyl groups excluding tert-OH is 1. The highest BCUT2D eigenvalue weighted by molar-refractivity contribution is 6.35. The highest BCUT2D eigenvalue weighted by atomic mass is 16.6. The molecule has 0 spiro atoms. The van der Waals surface area contributed by atoms with Gasteiger partial charge in [-0.15, -0.1) is 0 Å². The molecule has 1 N–H and O–H groups in total. The van der Waals surface area contributed by atoms with E-state index in [2.05, 4.69) is 4.90 Å². The maximum absolute atomic E-state index is 13.2. The van der Waals surface area contributed by atoms with E-state index >= 15 is 0 Å². The summed E-state index contributed by atoms with van der Waals surface area (Å²) in [5, 5.41) is 20.1. The van der Waals surface area contributed by atoms with Crippen molar-refractivity contribution in [1.82, 2.24) is 14.7 Å². The van der Waals surface area contributed by atoms with Crippen molar-refractivity contribution in [3.8, 4) is 0 Å². The molecule has 0 atom stereocenters. The van der Waals surface area contributed by atoms with Gasteiger partial charge in [0, 0.05) is 65.1 Å². The number of rotatable bonds is 9. The van der Waals surface area contributed by atoms with Crippen LogP contribution in [0.15, 0.2) is 30.0 Å². The molecule has 10 heteroatoms. The Kier molecular flexibility index (Phi) is 7.14. The second kappa shape index (κ2) is 9.79. The van der Waals surface area contributed by atoms with Gasteiger partial charge in [-0.25, -0.2) is 0 Å². The normalized spacial score (nSPS) is 17.9. The molecule has 0 radical (unpaired) electrons. The molecule has 1 aromatic carbocycles. The van der Waals surface area contributed by atoms with Gasteiger partial charge in [-0.3, -0.25) is 29.5 Å². The average molecular weight is 418 g/mol. The zero-order valence-corrected chi connectivity index (χ0v) is 17.0. The molecular weight excluding hydrogens is 392 g/mol. The maximum Gasteiger partial charge on any atom is 0.277 e. The number of nitrogens with zero attached hydrogens (tertiary/aromatic N) is 4. The van der Waals surface area contributed by atoms with E-state index in [1.807, 2.05) is 4.90 Å². The smallest absolute Gasteiger partial charge is 0.277 e. The Bertz CT molecular complexity index is 830. The summed E-state index contributed by atoms with van der Waals surface area (Å²) in [7, 11) is 1.56. The van der Waals surface area contributed by atoms with Crippen LogP contribution < -0.4 is 0 Å². The first-order chi connectivity index (χ1) is 14.5. The molecule has 162 valence electrons. The van der Waals surface area contributed by atoms with Gasteiger partial charge in [0.1, 0.15) is 5.70 Å². The first-order valence-electron chi connectivity index (χ1n) is 9.90. The Morgan fingerprint density at radius 2 is 1.73 bits per heavy atom. The van der Waals surface area contributed by atoms with Gasteiger partial charge in [-0.2, -0.15) is 0 Å². The molecule has 1 aromatic rings. The number of β-amino-alcohol motifs (C(OH)–C–C–N with tert-alkyl or cyclic N) is 1. The average Bonchev–Trinajstić information content (AvgIpc) is 2.99. The molecule has 1 saturated heterocycles. The van der Waals surface area contributed by atoms with Crippen molar-refractivity contribution in [3.05, 3.63) is 45.6 Å². The predicted octanol–water partition coefficient (Wildman–Crippen LogP) is 0.321. The van der Waals surface area contributed by atoms with Crippen molar-refractivity contribution < 1.29 is 24.4 Å². The maximum atomic E-state index is 13.2. The number of benzene rings is 1. The molecule has 2 aliphatic heterocycles. The lowest BCUT2D eigenvalue weighted by atomic mass is 10.0. The monoisotopic (exact) mass is 418 g/mol. The number of carbonyl (C=O) groups is 2. The first kappa shape index (κ1) is 21.9. The fraction of sp³-hybridized carbons (Fsp3) is 0.500. The van der Waals surface area contributed by atoms with Crippen LogP contribution in [0.5, 0.6) is 0 Å². The topological polar surface area (TPSA) is 116 Å². The Morgan fingerprint density at radius 1 is 1.07 bits per heavy atom. The van der Waals surface area contributed by atoms with Crippen molar-refractivity contribution in [1.29, 1.82) is 0 Å². The van der Waals surface area contributed by atoms with Crippen molar-refractivity contribution in [3.63, 3.8) is 0 Å². The van der Waals surface area contributed by atoms with E-state index < -0.39 is 10.8 Å². The van der Waals surface area contributed by atoms with Crippen LogP contribution >= 0.6 is 0 Å². The number of non-ortho nitro benzene ring substituents is 1. The number of hydrogen-bond donors (Lipinski definition) is 1. The quantitative estimate of drug-likeness (QED) is 0.264. The van der Waals surface area contributed by atoms with Gasteiger partial charge in [0.05, 0.1) is 17.1 Å². The van der Waals surface area contributed by atoms with Gasteiger partial charge < -0.3 is 14.7 Å². The molecule has 0 aromatic heterocycles. The summed E-state index contributed by atoms with van der Waals surface area (Å²) in [6.07, 6.45) is 0.527. The molecule has 0 unspecified atom stereocenters. The number of amides is 2. The van der Waals surface area contributed by atoms with Gasteiger partial charge >= 0.3 is 0 Å². The van der Waals surface area contributed by atoms with E-state index in [9.17, 15) is 19.7 Å². The zero-order chi connectivity index (χ0) is 21.7. The van der Waals surface area contributed by atoms with Gasteiger partial charge in [0.25, 0.3) is 17.5 Å². The summed E-state index contributed by atoms with van der Waals surface area (Å²) < 4.78 is 5.03. The molecule has 3 rings (SSSR count). The molecule has 0 saturated carbocycles. The Balaban J connectivity index is 1.92. The fourth-order valence-electron chi connectivity index (χ4n) is 3.77. The number of nitro groups is 1. The van der Waals surface area contributed by atoms with Crippen LogP contribution in [0.25, 0.3) is 5.57 Å². The Morgan fingerprint density at radius 3 is 2.30 bits per heavy atom. The Hall–Kier alpha value is -2.82. The second-order valence-corrected chi connectivity index (χ2v) is 7.19. The van der Waals surface area contributed by atoms with Crippen LogP contribution in [0.3, 0.4) is 0 Å². The number of imide groups is 1. The molecule has 0 aliphatic carbocycles. The second-order valence-electron chi connectivity index (χ2n) is 7.19. The van der Waals surface area contributed by atoms with Gasteiger partial charge in [0.2, 0.25) is 0 Å². The summed E-state index contributed by atoms with van der Waals surface area (Å²) in [4.78, 5) is 42.0. The third-order valence-corrected chi connectivity index (χ3v) is 5.35. The predicted molar refractivity (Wildman–Crippen MR) is 108 cm³/mol. The van der Waals surface area contributed by atoms with Crippen LogP contribution in [0.1, 0.15) is 12.0 Å². The van der Waals surface area contributed by atoms with E-state index in [4.69, 9.17) is 9.84 Å². The summed E-state index contributed by atoms with van der Waals surface area (Å²) >= 11 is 0. The molecule has 30 heavy (non-hydrogen) atoms. The highest BCUT2D eigenvalue weighted by Crippen LogP contribution is 2.33. The minimum atomic E-state index is -0.502. The van der Waals surface area contributed by atoms with Crippen molar-refractivity contribution in [2.45, 2.75) is 6.42 Å². The number of piperazine rings is 1. The number of methoxy groups -OCH3 is 1. The molecule has 1 fully saturated rings. The molecule has 2 amide bonds. The first-order valence-corrected chi connectivity index (χ1v) is 9.90. The van der Waals surface area contributed by atoms with Crippen molar-refractivity contribution in [2.24, 2.45) is 0 Å². The zero-order valence-electron chi connectivity index (χ0n) is 17.0. The third-order valence-electron chi connectivity index (χ3n) is 5.35. The van der Waals surface area contributed by atoms with E-state index in [1.165, 1.54) is 29.2 Å². The third kappa shape index (κ3) is 4.50. The lowest BCUT2D eigenvalue weighted by Crippen LogP contribution is -2.48. The van der Waals surface area contributed by atoms with Gasteiger partial charge in [0.15, 0.2) is 0 Å². The minimum absolute atomic E-state index is 0.0709. The van der Waals surface area contributed by atoms with E-state index in [0.717, 1.165) is 0 Å². The fourth-order valence-corrected chi connectivity index (χ4v) is 3.77.